The molecule has 3 aromatic rings. The van der Waals surface area contributed by atoms with Crippen LogP contribution in [0.25, 0.3) is 11.0 Å². The molecule has 0 spiro atoms. The molecule has 0 bridgehead atoms. The second kappa shape index (κ2) is 7.03. The number of para-hydroxylation sites is 2. The van der Waals surface area contributed by atoms with Crippen LogP contribution in [-0.2, 0) is 11.3 Å². The lowest BCUT2D eigenvalue weighted by molar-refractivity contribution is -0.125. The molecule has 1 fully saturated rings. The van der Waals surface area contributed by atoms with Gasteiger partial charge in [-0.3, -0.25) is 9.59 Å². The summed E-state index contributed by atoms with van der Waals surface area (Å²) in [5.41, 5.74) is 1.23. The van der Waals surface area contributed by atoms with E-state index in [1.807, 2.05) is 35.2 Å². The normalized spacial score (nSPS) is 17.4. The topological polar surface area (TPSA) is 91.2 Å². The lowest BCUT2D eigenvalue weighted by Gasteiger charge is -2.32. The van der Waals surface area contributed by atoms with Crippen molar-refractivity contribution in [2.24, 2.45) is 5.92 Å². The average molecular weight is 352 g/mol. The highest BCUT2D eigenvalue weighted by Crippen LogP contribution is 2.21. The summed E-state index contributed by atoms with van der Waals surface area (Å²) in [5.74, 6) is 0.903. The third kappa shape index (κ3) is 3.33. The van der Waals surface area contributed by atoms with Gasteiger partial charge in [-0.1, -0.05) is 12.1 Å². The third-order valence-corrected chi connectivity index (χ3v) is 4.69. The summed E-state index contributed by atoms with van der Waals surface area (Å²) >= 11 is 0. The van der Waals surface area contributed by atoms with Gasteiger partial charge in [-0.2, -0.15) is 0 Å². The Balaban J connectivity index is 1.49. The standard InChI is InChI=1S/C19H20N4O3/c24-18(20-11-14-6-4-10-26-14)13-5-3-9-23(12-13)17-19(25)22-16-8-2-1-7-15(16)21-17/h1-2,4,6-8,10,13H,3,5,9,11-12H2,(H,20,24)(H,22,25)/t13-/m1/s1. The summed E-state index contributed by atoms with van der Waals surface area (Å²) in [6, 6.07) is 11.1. The number of fused-ring (bicyclic) bond motifs is 1. The molecule has 1 aliphatic rings. The fraction of sp³-hybridized carbons (Fsp3) is 0.316. The molecule has 0 radical (unpaired) electrons. The molecule has 4 rings (SSSR count). The molecule has 134 valence electrons. The lowest BCUT2D eigenvalue weighted by atomic mass is 9.97. The number of H-pyrrole nitrogens is 1. The maximum Gasteiger partial charge on any atom is 0.291 e. The van der Waals surface area contributed by atoms with Gasteiger partial charge in [0.15, 0.2) is 5.82 Å². The zero-order chi connectivity index (χ0) is 17.9. The molecule has 0 saturated carbocycles. The van der Waals surface area contributed by atoms with E-state index in [1.54, 1.807) is 12.3 Å². The molecule has 1 atom stereocenters. The van der Waals surface area contributed by atoms with Crippen LogP contribution in [0.4, 0.5) is 5.82 Å². The molecule has 7 nitrogen and oxygen atoms in total. The van der Waals surface area contributed by atoms with Crippen molar-refractivity contribution in [3.8, 4) is 0 Å². The van der Waals surface area contributed by atoms with Crippen LogP contribution in [-0.4, -0.2) is 29.0 Å². The fourth-order valence-corrected chi connectivity index (χ4v) is 3.35. The van der Waals surface area contributed by atoms with E-state index in [2.05, 4.69) is 15.3 Å². The molecule has 26 heavy (non-hydrogen) atoms. The maximum atomic E-state index is 12.5. The van der Waals surface area contributed by atoms with E-state index in [-0.39, 0.29) is 17.4 Å². The van der Waals surface area contributed by atoms with E-state index in [0.717, 1.165) is 30.7 Å². The molecule has 7 heteroatoms. The number of carbonyl (C=O) groups excluding carboxylic acids is 1. The van der Waals surface area contributed by atoms with Crippen LogP contribution in [0.1, 0.15) is 18.6 Å². The average Bonchev–Trinajstić information content (AvgIpc) is 3.19. The lowest BCUT2D eigenvalue weighted by Crippen LogP contribution is -2.44. The molecule has 0 aliphatic carbocycles. The second-order valence-electron chi connectivity index (χ2n) is 6.49. The molecule has 3 heterocycles. The number of aromatic amines is 1. The van der Waals surface area contributed by atoms with E-state index in [0.29, 0.717) is 24.4 Å². The van der Waals surface area contributed by atoms with Gasteiger partial charge in [0.05, 0.1) is 29.8 Å². The van der Waals surface area contributed by atoms with E-state index in [1.165, 1.54) is 0 Å². The van der Waals surface area contributed by atoms with Gasteiger partial charge in [-0.15, -0.1) is 0 Å². The van der Waals surface area contributed by atoms with Gasteiger partial charge in [0.1, 0.15) is 5.76 Å². The predicted molar refractivity (Wildman–Crippen MR) is 97.9 cm³/mol. The van der Waals surface area contributed by atoms with Crippen molar-refractivity contribution in [2.75, 3.05) is 18.0 Å². The van der Waals surface area contributed by atoms with Crippen LogP contribution in [0.3, 0.4) is 0 Å². The first-order valence-electron chi connectivity index (χ1n) is 8.75. The summed E-state index contributed by atoms with van der Waals surface area (Å²) in [5, 5.41) is 2.91. The van der Waals surface area contributed by atoms with Gasteiger partial charge >= 0.3 is 0 Å². The molecule has 1 amide bonds. The second-order valence-corrected chi connectivity index (χ2v) is 6.49. The van der Waals surface area contributed by atoms with E-state index in [4.69, 9.17) is 4.42 Å². The van der Waals surface area contributed by atoms with Crippen molar-refractivity contribution < 1.29 is 9.21 Å². The van der Waals surface area contributed by atoms with Crippen LogP contribution in [0.5, 0.6) is 0 Å². The summed E-state index contributed by atoms with van der Waals surface area (Å²) < 4.78 is 5.24. The highest BCUT2D eigenvalue weighted by atomic mass is 16.3. The van der Waals surface area contributed by atoms with E-state index >= 15 is 0 Å². The Hall–Kier alpha value is -3.09. The number of piperidine rings is 1. The number of hydrogen-bond acceptors (Lipinski definition) is 5. The largest absolute Gasteiger partial charge is 0.467 e. The van der Waals surface area contributed by atoms with Crippen LogP contribution in [0, 0.1) is 5.92 Å². The zero-order valence-electron chi connectivity index (χ0n) is 14.3. The van der Waals surface area contributed by atoms with Gasteiger partial charge in [0, 0.05) is 13.1 Å². The third-order valence-electron chi connectivity index (χ3n) is 4.69. The number of anilines is 1. The quantitative estimate of drug-likeness (QED) is 0.750. The smallest absolute Gasteiger partial charge is 0.291 e. The van der Waals surface area contributed by atoms with Crippen molar-refractivity contribution in [3.05, 3.63) is 58.8 Å². The Morgan fingerprint density at radius 1 is 1.31 bits per heavy atom. The minimum atomic E-state index is -0.222. The summed E-state index contributed by atoms with van der Waals surface area (Å²) in [6.45, 7) is 1.58. The molecular formula is C19H20N4O3. The molecule has 1 saturated heterocycles. The first-order chi connectivity index (χ1) is 12.7. The fourth-order valence-electron chi connectivity index (χ4n) is 3.35. The Labute approximate surface area is 150 Å². The number of carbonyl (C=O) groups is 1. The van der Waals surface area contributed by atoms with Crippen molar-refractivity contribution >= 4 is 22.8 Å². The number of amides is 1. The monoisotopic (exact) mass is 352 g/mol. The molecular weight excluding hydrogens is 332 g/mol. The van der Waals surface area contributed by atoms with Gasteiger partial charge in [-0.25, -0.2) is 4.98 Å². The van der Waals surface area contributed by atoms with Crippen LogP contribution in [0.2, 0.25) is 0 Å². The minimum Gasteiger partial charge on any atom is -0.467 e. The number of benzene rings is 1. The first-order valence-corrected chi connectivity index (χ1v) is 8.75. The number of nitrogens with one attached hydrogen (secondary N) is 2. The van der Waals surface area contributed by atoms with E-state index in [9.17, 15) is 9.59 Å². The minimum absolute atomic E-state index is 0.0247. The van der Waals surface area contributed by atoms with Gasteiger partial charge in [0.2, 0.25) is 5.91 Å². The Bertz CT molecular complexity index is 964. The first kappa shape index (κ1) is 16.4. The van der Waals surface area contributed by atoms with E-state index < -0.39 is 0 Å². The molecule has 1 aliphatic heterocycles. The van der Waals surface area contributed by atoms with Gasteiger partial charge < -0.3 is 19.6 Å². The Kier molecular flexibility index (Phi) is 4.43. The number of nitrogens with zero attached hydrogens (tertiary/aromatic N) is 2. The van der Waals surface area contributed by atoms with Crippen molar-refractivity contribution in [1.82, 2.24) is 15.3 Å². The number of hydrogen-bond donors (Lipinski definition) is 2. The highest BCUT2D eigenvalue weighted by molar-refractivity contribution is 5.80. The SMILES string of the molecule is O=C(NCc1ccco1)[C@@H]1CCCN(c2nc3ccccc3[nH]c2=O)C1. The van der Waals surface area contributed by atoms with Crippen molar-refractivity contribution in [3.63, 3.8) is 0 Å². The Morgan fingerprint density at radius 2 is 2.19 bits per heavy atom. The highest BCUT2D eigenvalue weighted by Gasteiger charge is 2.28. The summed E-state index contributed by atoms with van der Waals surface area (Å²) in [4.78, 5) is 34.2. The van der Waals surface area contributed by atoms with Crippen molar-refractivity contribution in [2.45, 2.75) is 19.4 Å². The number of furan rings is 1. The molecule has 1 aromatic carbocycles. The molecule has 0 unspecified atom stereocenters. The summed E-state index contributed by atoms with van der Waals surface area (Å²) in [6.07, 6.45) is 3.22. The Morgan fingerprint density at radius 3 is 3.04 bits per heavy atom. The van der Waals surface area contributed by atoms with Gasteiger partial charge in [0.25, 0.3) is 5.56 Å². The van der Waals surface area contributed by atoms with Crippen LogP contribution < -0.4 is 15.8 Å². The molecule has 2 N–H and O–H groups in total. The van der Waals surface area contributed by atoms with Gasteiger partial charge in [-0.05, 0) is 37.1 Å². The number of aromatic nitrogens is 2. The van der Waals surface area contributed by atoms with Crippen LogP contribution >= 0.6 is 0 Å². The summed E-state index contributed by atoms with van der Waals surface area (Å²) in [7, 11) is 0. The van der Waals surface area contributed by atoms with Crippen LogP contribution in [0.15, 0.2) is 51.9 Å². The van der Waals surface area contributed by atoms with Crippen molar-refractivity contribution in [1.29, 1.82) is 0 Å². The predicted octanol–water partition coefficient (Wildman–Crippen LogP) is 2.05. The maximum absolute atomic E-state index is 12.5. The molecule has 2 aromatic heterocycles. The zero-order valence-corrected chi connectivity index (χ0v) is 14.3. The number of rotatable bonds is 4.